The van der Waals surface area contributed by atoms with Gasteiger partial charge in [-0.1, -0.05) is 18.2 Å². The van der Waals surface area contributed by atoms with E-state index in [-0.39, 0.29) is 5.96 Å². The number of aliphatic imine (C=N–C) groups is 1. The number of nitrogens with zero attached hydrogens (tertiary/aromatic N) is 4. The quantitative estimate of drug-likeness (QED) is 0.371. The lowest BCUT2D eigenvalue weighted by molar-refractivity contribution is 0.628. The van der Waals surface area contributed by atoms with E-state index < -0.39 is 0 Å². The van der Waals surface area contributed by atoms with Crippen molar-refractivity contribution in [1.82, 2.24) is 14.5 Å². The minimum Gasteiger partial charge on any atom is -0.382 e. The molecule has 0 atom stereocenters. The van der Waals surface area contributed by atoms with E-state index in [2.05, 4.69) is 19.5 Å². The summed E-state index contributed by atoms with van der Waals surface area (Å²) in [6, 6.07) is 7.95. The number of hydrogen-bond acceptors (Lipinski definition) is 4. The number of nitrogens with two attached hydrogens (primary N) is 3. The molecule has 0 saturated heterocycles. The van der Waals surface area contributed by atoms with Crippen molar-refractivity contribution in [3.63, 3.8) is 0 Å². The van der Waals surface area contributed by atoms with Crippen LogP contribution >= 0.6 is 0 Å². The summed E-state index contributed by atoms with van der Waals surface area (Å²) in [5.74, 6) is 0.603. The molecule has 22 heavy (non-hydrogen) atoms. The number of aryl methyl sites for hydroxylation is 1. The SMILES string of the molecule is NC(N)=NCCCCn1cnc2c(N)nc3ccccc3c21. The molecule has 3 aromatic rings. The smallest absolute Gasteiger partial charge is 0.185 e. The maximum atomic E-state index is 6.01. The second-order valence-corrected chi connectivity index (χ2v) is 5.16. The van der Waals surface area contributed by atoms with E-state index in [0.29, 0.717) is 12.4 Å². The maximum absolute atomic E-state index is 6.01. The van der Waals surface area contributed by atoms with Crippen LogP contribution in [0.15, 0.2) is 35.6 Å². The number of rotatable bonds is 5. The highest BCUT2D eigenvalue weighted by Gasteiger charge is 2.11. The molecule has 0 aliphatic heterocycles. The number of hydrogen-bond donors (Lipinski definition) is 3. The predicted molar refractivity (Wildman–Crippen MR) is 89.4 cm³/mol. The third kappa shape index (κ3) is 2.65. The molecule has 0 saturated carbocycles. The van der Waals surface area contributed by atoms with Gasteiger partial charge in [0, 0.05) is 18.5 Å². The Kier molecular flexibility index (Phi) is 3.78. The minimum absolute atomic E-state index is 0.137. The van der Waals surface area contributed by atoms with Crippen LogP contribution in [0.4, 0.5) is 5.82 Å². The number of imidazole rings is 1. The van der Waals surface area contributed by atoms with Gasteiger partial charge in [0.25, 0.3) is 0 Å². The number of para-hydroxylation sites is 1. The maximum Gasteiger partial charge on any atom is 0.185 e. The van der Waals surface area contributed by atoms with E-state index in [1.54, 1.807) is 0 Å². The van der Waals surface area contributed by atoms with Crippen LogP contribution in [0.1, 0.15) is 12.8 Å². The van der Waals surface area contributed by atoms with Gasteiger partial charge in [-0.05, 0) is 18.9 Å². The minimum atomic E-state index is 0.137. The van der Waals surface area contributed by atoms with Gasteiger partial charge in [-0.3, -0.25) is 4.99 Å². The van der Waals surface area contributed by atoms with Gasteiger partial charge in [0.05, 0.1) is 17.4 Å². The number of nitrogen functional groups attached to an aromatic ring is 1. The largest absolute Gasteiger partial charge is 0.382 e. The Bertz CT molecular complexity index is 830. The van der Waals surface area contributed by atoms with Crippen LogP contribution in [-0.2, 0) is 6.54 Å². The van der Waals surface area contributed by atoms with Crippen molar-refractivity contribution in [3.05, 3.63) is 30.6 Å². The molecule has 0 amide bonds. The molecule has 0 unspecified atom stereocenters. The summed E-state index contributed by atoms with van der Waals surface area (Å²) in [4.78, 5) is 12.8. The second-order valence-electron chi connectivity index (χ2n) is 5.16. The van der Waals surface area contributed by atoms with Gasteiger partial charge in [0.2, 0.25) is 0 Å². The van der Waals surface area contributed by atoms with Gasteiger partial charge in [-0.2, -0.15) is 0 Å². The Hall–Kier alpha value is -2.83. The average molecular weight is 297 g/mol. The number of benzene rings is 1. The molecular weight excluding hydrogens is 278 g/mol. The lowest BCUT2D eigenvalue weighted by atomic mass is 10.2. The third-order valence-electron chi connectivity index (χ3n) is 3.58. The van der Waals surface area contributed by atoms with Gasteiger partial charge >= 0.3 is 0 Å². The number of pyridine rings is 1. The second kappa shape index (κ2) is 5.88. The summed E-state index contributed by atoms with van der Waals surface area (Å²) < 4.78 is 2.12. The molecule has 0 aliphatic rings. The topological polar surface area (TPSA) is 121 Å². The van der Waals surface area contributed by atoms with Gasteiger partial charge in [0.15, 0.2) is 11.8 Å². The average Bonchev–Trinajstić information content (AvgIpc) is 2.92. The van der Waals surface area contributed by atoms with Crippen molar-refractivity contribution in [3.8, 4) is 0 Å². The molecule has 2 heterocycles. The Morgan fingerprint density at radius 2 is 2.00 bits per heavy atom. The van der Waals surface area contributed by atoms with Crippen molar-refractivity contribution in [1.29, 1.82) is 0 Å². The fourth-order valence-corrected chi connectivity index (χ4v) is 2.58. The van der Waals surface area contributed by atoms with Gasteiger partial charge in [0.1, 0.15) is 5.52 Å². The highest BCUT2D eigenvalue weighted by molar-refractivity contribution is 6.06. The molecule has 6 N–H and O–H groups in total. The molecule has 1 aromatic carbocycles. The Labute approximate surface area is 127 Å². The lowest BCUT2D eigenvalue weighted by Crippen LogP contribution is -2.22. The fraction of sp³-hybridized carbons (Fsp3) is 0.267. The summed E-state index contributed by atoms with van der Waals surface area (Å²) >= 11 is 0. The van der Waals surface area contributed by atoms with Crippen LogP contribution in [0.25, 0.3) is 21.9 Å². The lowest BCUT2D eigenvalue weighted by Gasteiger charge is -2.07. The molecule has 0 bridgehead atoms. The summed E-state index contributed by atoms with van der Waals surface area (Å²) in [5, 5.41) is 1.06. The zero-order valence-corrected chi connectivity index (χ0v) is 12.2. The summed E-state index contributed by atoms with van der Waals surface area (Å²) in [7, 11) is 0. The first-order chi connectivity index (χ1) is 10.7. The molecule has 0 fully saturated rings. The first kappa shape index (κ1) is 14.1. The van der Waals surface area contributed by atoms with E-state index in [1.807, 2.05) is 30.6 Å². The van der Waals surface area contributed by atoms with Crippen LogP contribution in [-0.4, -0.2) is 27.0 Å². The molecule has 0 aliphatic carbocycles. The first-order valence-corrected chi connectivity index (χ1v) is 7.21. The van der Waals surface area contributed by atoms with E-state index in [1.165, 1.54) is 0 Å². The molecule has 7 heteroatoms. The summed E-state index contributed by atoms with van der Waals surface area (Å²) in [6.45, 7) is 1.48. The zero-order chi connectivity index (χ0) is 15.5. The van der Waals surface area contributed by atoms with Crippen LogP contribution < -0.4 is 17.2 Å². The first-order valence-electron chi connectivity index (χ1n) is 7.21. The van der Waals surface area contributed by atoms with E-state index in [0.717, 1.165) is 41.3 Å². The Balaban J connectivity index is 1.89. The van der Waals surface area contributed by atoms with Gasteiger partial charge < -0.3 is 21.8 Å². The van der Waals surface area contributed by atoms with Crippen LogP contribution in [0, 0.1) is 0 Å². The summed E-state index contributed by atoms with van der Waals surface area (Å²) in [6.07, 6.45) is 3.69. The Morgan fingerprint density at radius 1 is 1.18 bits per heavy atom. The van der Waals surface area contributed by atoms with E-state index >= 15 is 0 Å². The fourth-order valence-electron chi connectivity index (χ4n) is 2.58. The number of unbranched alkanes of at least 4 members (excludes halogenated alkanes) is 1. The van der Waals surface area contributed by atoms with Crippen molar-refractivity contribution in [2.24, 2.45) is 16.5 Å². The number of guanidine groups is 1. The number of aromatic nitrogens is 3. The summed E-state index contributed by atoms with van der Waals surface area (Å²) in [5.41, 5.74) is 19.3. The molecule has 114 valence electrons. The molecule has 2 aromatic heterocycles. The van der Waals surface area contributed by atoms with Crippen molar-refractivity contribution < 1.29 is 0 Å². The van der Waals surface area contributed by atoms with Gasteiger partial charge in [-0.25, -0.2) is 9.97 Å². The molecular formula is C15H19N7. The van der Waals surface area contributed by atoms with Crippen LogP contribution in [0.2, 0.25) is 0 Å². The van der Waals surface area contributed by atoms with Crippen molar-refractivity contribution >= 4 is 33.7 Å². The molecule has 0 spiro atoms. The van der Waals surface area contributed by atoms with Crippen LogP contribution in [0.3, 0.4) is 0 Å². The Morgan fingerprint density at radius 3 is 2.82 bits per heavy atom. The normalized spacial score (nSPS) is 11.1. The van der Waals surface area contributed by atoms with E-state index in [9.17, 15) is 0 Å². The zero-order valence-electron chi connectivity index (χ0n) is 12.2. The van der Waals surface area contributed by atoms with Crippen molar-refractivity contribution in [2.45, 2.75) is 19.4 Å². The van der Waals surface area contributed by atoms with E-state index in [4.69, 9.17) is 17.2 Å². The number of fused-ring (bicyclic) bond motifs is 3. The number of anilines is 1. The third-order valence-corrected chi connectivity index (χ3v) is 3.58. The standard InChI is InChI=1S/C15H19N7/c16-14-12-13(10-5-1-2-6-11(10)21-14)22(9-20-12)8-4-3-7-19-15(17)18/h1-2,5-6,9H,3-4,7-8H2,(H2,16,21)(H4,17,18,19). The van der Waals surface area contributed by atoms with Crippen LogP contribution in [0.5, 0.6) is 0 Å². The monoisotopic (exact) mass is 297 g/mol. The molecule has 0 radical (unpaired) electrons. The highest BCUT2D eigenvalue weighted by Crippen LogP contribution is 2.27. The van der Waals surface area contributed by atoms with Crippen molar-refractivity contribution in [2.75, 3.05) is 12.3 Å². The van der Waals surface area contributed by atoms with Gasteiger partial charge in [-0.15, -0.1) is 0 Å². The molecule has 3 rings (SSSR count). The highest BCUT2D eigenvalue weighted by atomic mass is 15.1. The predicted octanol–water partition coefficient (Wildman–Crippen LogP) is 1.22. The molecule has 7 nitrogen and oxygen atoms in total.